The summed E-state index contributed by atoms with van der Waals surface area (Å²) in [5, 5.41) is 5.82. The molecule has 0 saturated carbocycles. The number of hydrogen-bond donors (Lipinski definition) is 2. The molecule has 0 aliphatic heterocycles. The Hall–Kier alpha value is -2.36. The first-order valence-corrected chi connectivity index (χ1v) is 6.50. The lowest BCUT2D eigenvalue weighted by Gasteiger charge is -2.09. The molecule has 3 nitrogen and oxygen atoms in total. The van der Waals surface area contributed by atoms with Crippen molar-refractivity contribution < 1.29 is 9.18 Å². The summed E-state index contributed by atoms with van der Waals surface area (Å²) in [6, 6.07) is 13.7. The van der Waals surface area contributed by atoms with Crippen LogP contribution >= 0.6 is 0 Å². The van der Waals surface area contributed by atoms with Crippen molar-refractivity contribution in [3.63, 3.8) is 0 Å². The topological polar surface area (TPSA) is 41.1 Å². The van der Waals surface area contributed by atoms with Gasteiger partial charge in [-0.3, -0.25) is 4.79 Å². The van der Waals surface area contributed by atoms with Gasteiger partial charge >= 0.3 is 0 Å². The fraction of sp³-hybridized carbons (Fsp3) is 0.188. The number of para-hydroxylation sites is 1. The van der Waals surface area contributed by atoms with Crippen LogP contribution in [-0.2, 0) is 6.42 Å². The Kier molecular flexibility index (Phi) is 4.71. The third kappa shape index (κ3) is 3.57. The minimum absolute atomic E-state index is 0.133. The molecule has 2 aromatic rings. The average molecular weight is 272 g/mol. The molecule has 0 bridgehead atoms. The normalized spacial score (nSPS) is 10.1. The number of carbonyl (C=O) groups excluding carboxylic acids is 1. The van der Waals surface area contributed by atoms with Crippen molar-refractivity contribution in [3.8, 4) is 0 Å². The van der Waals surface area contributed by atoms with Gasteiger partial charge in [0.2, 0.25) is 0 Å². The van der Waals surface area contributed by atoms with Gasteiger partial charge in [0.15, 0.2) is 0 Å². The van der Waals surface area contributed by atoms with Gasteiger partial charge in [-0.2, -0.15) is 0 Å². The number of amides is 1. The van der Waals surface area contributed by atoms with Crippen molar-refractivity contribution >= 4 is 11.6 Å². The maximum Gasteiger partial charge on any atom is 0.253 e. The zero-order valence-corrected chi connectivity index (χ0v) is 11.3. The van der Waals surface area contributed by atoms with Crippen LogP contribution in [0.3, 0.4) is 0 Å². The molecule has 0 aliphatic carbocycles. The smallest absolute Gasteiger partial charge is 0.253 e. The van der Waals surface area contributed by atoms with E-state index >= 15 is 0 Å². The van der Waals surface area contributed by atoms with E-state index in [0.29, 0.717) is 18.5 Å². The Labute approximate surface area is 117 Å². The Morgan fingerprint density at radius 1 is 1.15 bits per heavy atom. The minimum Gasteiger partial charge on any atom is -0.387 e. The maximum atomic E-state index is 13.0. The molecule has 2 N–H and O–H groups in total. The Morgan fingerprint density at radius 3 is 2.70 bits per heavy atom. The van der Waals surface area contributed by atoms with Gasteiger partial charge < -0.3 is 10.6 Å². The summed E-state index contributed by atoms with van der Waals surface area (Å²) < 4.78 is 13.0. The molecule has 0 atom stereocenters. The first-order valence-electron chi connectivity index (χ1n) is 6.50. The lowest BCUT2D eigenvalue weighted by atomic mass is 10.1. The summed E-state index contributed by atoms with van der Waals surface area (Å²) in [5.41, 5.74) is 2.26. The molecule has 2 rings (SSSR count). The van der Waals surface area contributed by atoms with E-state index in [1.165, 1.54) is 12.1 Å². The van der Waals surface area contributed by atoms with Gasteiger partial charge in [0.05, 0.1) is 5.56 Å². The monoisotopic (exact) mass is 272 g/mol. The highest BCUT2D eigenvalue weighted by Crippen LogP contribution is 2.13. The van der Waals surface area contributed by atoms with Crippen LogP contribution in [0.1, 0.15) is 15.9 Å². The second-order valence-electron chi connectivity index (χ2n) is 4.43. The molecule has 0 aromatic heterocycles. The Bertz CT molecular complexity index is 599. The quantitative estimate of drug-likeness (QED) is 0.878. The summed E-state index contributed by atoms with van der Waals surface area (Å²) in [6.07, 6.45) is 0.602. The van der Waals surface area contributed by atoms with Crippen LogP contribution in [0.25, 0.3) is 0 Å². The largest absolute Gasteiger partial charge is 0.387 e. The van der Waals surface area contributed by atoms with Crippen LogP contribution in [0.5, 0.6) is 0 Å². The molecule has 0 fully saturated rings. The van der Waals surface area contributed by atoms with E-state index < -0.39 is 0 Å². The van der Waals surface area contributed by atoms with Gasteiger partial charge in [0.25, 0.3) is 5.91 Å². The highest BCUT2D eigenvalue weighted by molar-refractivity contribution is 5.99. The molecule has 0 heterocycles. The standard InChI is InChI=1S/C16H17FN2O/c1-18-15-8-3-2-7-14(15)16(20)19-10-9-12-5-4-6-13(17)11-12/h2-8,11,18H,9-10H2,1H3,(H,19,20). The van der Waals surface area contributed by atoms with Gasteiger partial charge in [-0.1, -0.05) is 24.3 Å². The zero-order valence-electron chi connectivity index (χ0n) is 11.3. The van der Waals surface area contributed by atoms with E-state index in [1.807, 2.05) is 24.3 Å². The van der Waals surface area contributed by atoms with Gasteiger partial charge in [-0.25, -0.2) is 4.39 Å². The Morgan fingerprint density at radius 2 is 1.95 bits per heavy atom. The third-order valence-electron chi connectivity index (χ3n) is 3.03. The number of hydrogen-bond acceptors (Lipinski definition) is 2. The van der Waals surface area contributed by atoms with E-state index in [0.717, 1.165) is 11.3 Å². The molecule has 0 radical (unpaired) electrons. The predicted molar refractivity (Wildman–Crippen MR) is 78.4 cm³/mol. The van der Waals surface area contributed by atoms with Crippen molar-refractivity contribution in [2.75, 3.05) is 18.9 Å². The number of nitrogens with one attached hydrogen (secondary N) is 2. The summed E-state index contributed by atoms with van der Waals surface area (Å²) in [7, 11) is 1.78. The van der Waals surface area contributed by atoms with Gasteiger partial charge in [0, 0.05) is 19.3 Å². The lowest BCUT2D eigenvalue weighted by molar-refractivity contribution is 0.0955. The number of anilines is 1. The van der Waals surface area contributed by atoms with Crippen molar-refractivity contribution in [2.45, 2.75) is 6.42 Å². The minimum atomic E-state index is -0.255. The summed E-state index contributed by atoms with van der Waals surface area (Å²) in [6.45, 7) is 0.473. The predicted octanol–water partition coefficient (Wildman–Crippen LogP) is 2.84. The maximum absolute atomic E-state index is 13.0. The second-order valence-corrected chi connectivity index (χ2v) is 4.43. The lowest BCUT2D eigenvalue weighted by Crippen LogP contribution is -2.26. The van der Waals surface area contributed by atoms with Crippen LogP contribution in [0.4, 0.5) is 10.1 Å². The number of carbonyl (C=O) groups is 1. The molecule has 0 saturated heterocycles. The fourth-order valence-corrected chi connectivity index (χ4v) is 2.01. The summed E-state index contributed by atoms with van der Waals surface area (Å²) in [5.74, 6) is -0.388. The van der Waals surface area contributed by atoms with Gasteiger partial charge in [-0.05, 0) is 36.2 Å². The number of benzene rings is 2. The fourth-order valence-electron chi connectivity index (χ4n) is 2.01. The molecular weight excluding hydrogens is 255 g/mol. The summed E-state index contributed by atoms with van der Waals surface area (Å²) in [4.78, 5) is 12.1. The highest BCUT2D eigenvalue weighted by Gasteiger charge is 2.09. The van der Waals surface area contributed by atoms with Crippen LogP contribution < -0.4 is 10.6 Å². The van der Waals surface area contributed by atoms with Crippen LogP contribution in [0.2, 0.25) is 0 Å². The van der Waals surface area contributed by atoms with Crippen molar-refractivity contribution in [1.29, 1.82) is 0 Å². The summed E-state index contributed by atoms with van der Waals surface area (Å²) >= 11 is 0. The van der Waals surface area contributed by atoms with Crippen molar-refractivity contribution in [2.24, 2.45) is 0 Å². The van der Waals surface area contributed by atoms with E-state index in [4.69, 9.17) is 0 Å². The molecule has 2 aromatic carbocycles. The number of halogens is 1. The van der Waals surface area contributed by atoms with E-state index in [1.54, 1.807) is 19.2 Å². The molecule has 104 valence electrons. The first kappa shape index (κ1) is 14.1. The van der Waals surface area contributed by atoms with E-state index in [2.05, 4.69) is 10.6 Å². The molecule has 0 spiro atoms. The third-order valence-corrected chi connectivity index (χ3v) is 3.03. The second kappa shape index (κ2) is 6.70. The zero-order chi connectivity index (χ0) is 14.4. The number of rotatable bonds is 5. The molecule has 0 unspecified atom stereocenters. The molecular formula is C16H17FN2O. The van der Waals surface area contributed by atoms with Crippen LogP contribution in [0, 0.1) is 5.82 Å². The molecule has 4 heteroatoms. The highest BCUT2D eigenvalue weighted by atomic mass is 19.1. The molecule has 20 heavy (non-hydrogen) atoms. The van der Waals surface area contributed by atoms with Crippen LogP contribution in [-0.4, -0.2) is 19.5 Å². The average Bonchev–Trinajstić information content (AvgIpc) is 2.47. The van der Waals surface area contributed by atoms with E-state index in [-0.39, 0.29) is 11.7 Å². The van der Waals surface area contributed by atoms with Gasteiger partial charge in [0.1, 0.15) is 5.82 Å². The molecule has 1 amide bonds. The first-order chi connectivity index (χ1) is 9.70. The van der Waals surface area contributed by atoms with Crippen LogP contribution in [0.15, 0.2) is 48.5 Å². The van der Waals surface area contributed by atoms with Gasteiger partial charge in [-0.15, -0.1) is 0 Å². The van der Waals surface area contributed by atoms with Crippen molar-refractivity contribution in [3.05, 3.63) is 65.5 Å². The molecule has 0 aliphatic rings. The Balaban J connectivity index is 1.92. The van der Waals surface area contributed by atoms with E-state index in [9.17, 15) is 9.18 Å². The SMILES string of the molecule is CNc1ccccc1C(=O)NCCc1cccc(F)c1. The van der Waals surface area contributed by atoms with Crippen molar-refractivity contribution in [1.82, 2.24) is 5.32 Å².